The van der Waals surface area contributed by atoms with E-state index in [-0.39, 0.29) is 0 Å². The Hall–Kier alpha value is -0.930. The lowest BCUT2D eigenvalue weighted by atomic mass is 9.94. The zero-order valence-corrected chi connectivity index (χ0v) is 11.7. The van der Waals surface area contributed by atoms with E-state index in [0.29, 0.717) is 0 Å². The Balaban J connectivity index is 1.76. The fourth-order valence-electron chi connectivity index (χ4n) is 2.44. The van der Waals surface area contributed by atoms with E-state index >= 15 is 0 Å². The van der Waals surface area contributed by atoms with Crippen LogP contribution in [0.5, 0.6) is 0 Å². The van der Waals surface area contributed by atoms with Crippen LogP contribution in [0.25, 0.3) is 0 Å². The number of nitrogens with one attached hydrogen (secondary N) is 1. The van der Waals surface area contributed by atoms with Crippen LogP contribution >= 0.6 is 11.6 Å². The molecule has 0 atom stereocenters. The summed E-state index contributed by atoms with van der Waals surface area (Å²) in [5.41, 5.74) is 7.62. The van der Waals surface area contributed by atoms with Gasteiger partial charge >= 0.3 is 0 Å². The number of rotatable bonds is 4. The number of anilines is 2. The molecule has 1 aliphatic heterocycles. The first kappa shape index (κ1) is 13.5. The SMILES string of the molecule is CN1CCC(CCNc2cc(Cl)ccc2N)CC1. The van der Waals surface area contributed by atoms with Gasteiger partial charge in [0.25, 0.3) is 0 Å². The number of hydrogen-bond acceptors (Lipinski definition) is 3. The van der Waals surface area contributed by atoms with Crippen molar-refractivity contribution in [2.45, 2.75) is 19.3 Å². The zero-order valence-electron chi connectivity index (χ0n) is 11.0. The van der Waals surface area contributed by atoms with E-state index in [2.05, 4.69) is 17.3 Å². The highest BCUT2D eigenvalue weighted by Gasteiger charge is 2.15. The second-order valence-electron chi connectivity index (χ2n) is 5.19. The highest BCUT2D eigenvalue weighted by molar-refractivity contribution is 6.31. The number of hydrogen-bond donors (Lipinski definition) is 2. The van der Waals surface area contributed by atoms with Crippen molar-refractivity contribution >= 4 is 23.0 Å². The molecule has 0 radical (unpaired) electrons. The molecule has 0 unspecified atom stereocenters. The Morgan fingerprint density at radius 3 is 2.83 bits per heavy atom. The van der Waals surface area contributed by atoms with Crippen molar-refractivity contribution in [2.24, 2.45) is 5.92 Å². The van der Waals surface area contributed by atoms with E-state index in [1.807, 2.05) is 18.2 Å². The van der Waals surface area contributed by atoms with Crippen LogP contribution in [-0.2, 0) is 0 Å². The summed E-state index contributed by atoms with van der Waals surface area (Å²) in [6.45, 7) is 3.42. The van der Waals surface area contributed by atoms with Crippen molar-refractivity contribution < 1.29 is 0 Å². The highest BCUT2D eigenvalue weighted by Crippen LogP contribution is 2.24. The van der Waals surface area contributed by atoms with Crippen LogP contribution in [-0.4, -0.2) is 31.6 Å². The van der Waals surface area contributed by atoms with Crippen molar-refractivity contribution in [1.82, 2.24) is 4.90 Å². The largest absolute Gasteiger partial charge is 0.397 e. The minimum atomic E-state index is 0.728. The molecule has 0 aliphatic carbocycles. The van der Waals surface area contributed by atoms with Gasteiger partial charge in [0.1, 0.15) is 0 Å². The van der Waals surface area contributed by atoms with Gasteiger partial charge < -0.3 is 16.0 Å². The van der Waals surface area contributed by atoms with Crippen LogP contribution in [0.1, 0.15) is 19.3 Å². The maximum Gasteiger partial charge on any atom is 0.0588 e. The number of nitrogens with two attached hydrogens (primary N) is 1. The maximum atomic E-state index is 5.96. The molecular formula is C14H22ClN3. The molecule has 1 saturated heterocycles. The monoisotopic (exact) mass is 267 g/mol. The summed E-state index contributed by atoms with van der Waals surface area (Å²) in [6, 6.07) is 5.56. The minimum Gasteiger partial charge on any atom is -0.397 e. The predicted octanol–water partition coefficient (Wildman–Crippen LogP) is 3.07. The number of likely N-dealkylation sites (tertiary alicyclic amines) is 1. The Morgan fingerprint density at radius 1 is 1.39 bits per heavy atom. The fourth-order valence-corrected chi connectivity index (χ4v) is 2.62. The molecule has 100 valence electrons. The van der Waals surface area contributed by atoms with Gasteiger partial charge in [0.05, 0.1) is 11.4 Å². The topological polar surface area (TPSA) is 41.3 Å². The Kier molecular flexibility index (Phi) is 4.72. The summed E-state index contributed by atoms with van der Waals surface area (Å²) < 4.78 is 0. The van der Waals surface area contributed by atoms with E-state index in [4.69, 9.17) is 17.3 Å². The molecule has 1 aromatic rings. The van der Waals surface area contributed by atoms with E-state index in [1.165, 1.54) is 32.4 Å². The smallest absolute Gasteiger partial charge is 0.0588 e. The summed E-state index contributed by atoms with van der Waals surface area (Å²) in [6.07, 6.45) is 3.83. The molecule has 0 aromatic heterocycles. The van der Waals surface area contributed by atoms with Gasteiger partial charge in [-0.1, -0.05) is 11.6 Å². The highest BCUT2D eigenvalue weighted by atomic mass is 35.5. The van der Waals surface area contributed by atoms with Gasteiger partial charge in [0.2, 0.25) is 0 Å². The molecule has 1 heterocycles. The first-order valence-corrected chi connectivity index (χ1v) is 7.00. The van der Waals surface area contributed by atoms with Crippen LogP contribution in [0.2, 0.25) is 5.02 Å². The van der Waals surface area contributed by atoms with E-state index in [1.54, 1.807) is 0 Å². The molecule has 0 spiro atoms. The average molecular weight is 268 g/mol. The average Bonchev–Trinajstić information content (AvgIpc) is 2.36. The number of halogens is 1. The van der Waals surface area contributed by atoms with Crippen LogP contribution in [0, 0.1) is 5.92 Å². The Morgan fingerprint density at radius 2 is 2.11 bits per heavy atom. The summed E-state index contributed by atoms with van der Waals surface area (Å²) >= 11 is 5.96. The summed E-state index contributed by atoms with van der Waals surface area (Å²) in [5, 5.41) is 4.12. The fraction of sp³-hybridized carbons (Fsp3) is 0.571. The molecule has 2 rings (SSSR count). The maximum absolute atomic E-state index is 5.96. The first-order chi connectivity index (χ1) is 8.65. The second kappa shape index (κ2) is 6.30. The van der Waals surface area contributed by atoms with Crippen LogP contribution in [0.15, 0.2) is 18.2 Å². The molecule has 3 nitrogen and oxygen atoms in total. The first-order valence-electron chi connectivity index (χ1n) is 6.62. The van der Waals surface area contributed by atoms with E-state index in [9.17, 15) is 0 Å². The van der Waals surface area contributed by atoms with Gasteiger partial charge in [-0.15, -0.1) is 0 Å². The van der Waals surface area contributed by atoms with Gasteiger partial charge in [-0.3, -0.25) is 0 Å². The molecule has 1 fully saturated rings. The lowest BCUT2D eigenvalue weighted by Gasteiger charge is -2.29. The molecule has 1 aromatic carbocycles. The molecule has 0 saturated carbocycles. The molecular weight excluding hydrogens is 246 g/mol. The van der Waals surface area contributed by atoms with Crippen molar-refractivity contribution in [3.05, 3.63) is 23.2 Å². The lowest BCUT2D eigenvalue weighted by Crippen LogP contribution is -2.30. The summed E-state index contributed by atoms with van der Waals surface area (Å²) in [4.78, 5) is 2.40. The van der Waals surface area contributed by atoms with E-state index < -0.39 is 0 Å². The molecule has 3 N–H and O–H groups in total. The number of nitrogen functional groups attached to an aromatic ring is 1. The minimum absolute atomic E-state index is 0.728. The normalized spacial score (nSPS) is 17.9. The summed E-state index contributed by atoms with van der Waals surface area (Å²) in [5.74, 6) is 0.842. The molecule has 18 heavy (non-hydrogen) atoms. The number of piperidine rings is 1. The third kappa shape index (κ3) is 3.79. The number of nitrogens with zero attached hydrogens (tertiary/aromatic N) is 1. The van der Waals surface area contributed by atoms with Gasteiger partial charge in [-0.2, -0.15) is 0 Å². The Bertz CT molecular complexity index is 387. The standard InChI is InChI=1S/C14H22ClN3/c1-18-8-5-11(6-9-18)4-7-17-14-10-12(15)2-3-13(14)16/h2-3,10-11,17H,4-9,16H2,1H3. The Labute approximate surface area is 114 Å². The molecule has 4 heteroatoms. The van der Waals surface area contributed by atoms with Crippen molar-refractivity contribution in [3.8, 4) is 0 Å². The van der Waals surface area contributed by atoms with Gasteiger partial charge in [0.15, 0.2) is 0 Å². The lowest BCUT2D eigenvalue weighted by molar-refractivity contribution is 0.215. The zero-order chi connectivity index (χ0) is 13.0. The van der Waals surface area contributed by atoms with Crippen molar-refractivity contribution in [3.63, 3.8) is 0 Å². The van der Waals surface area contributed by atoms with Crippen LogP contribution < -0.4 is 11.1 Å². The van der Waals surface area contributed by atoms with Gasteiger partial charge in [0, 0.05) is 11.6 Å². The third-order valence-corrected chi connectivity index (χ3v) is 3.96. The number of benzene rings is 1. The van der Waals surface area contributed by atoms with Crippen LogP contribution in [0.3, 0.4) is 0 Å². The molecule has 1 aliphatic rings. The van der Waals surface area contributed by atoms with Crippen molar-refractivity contribution in [1.29, 1.82) is 0 Å². The second-order valence-corrected chi connectivity index (χ2v) is 5.63. The van der Waals surface area contributed by atoms with Gasteiger partial charge in [-0.25, -0.2) is 0 Å². The predicted molar refractivity (Wildman–Crippen MR) is 79.2 cm³/mol. The third-order valence-electron chi connectivity index (χ3n) is 3.72. The van der Waals surface area contributed by atoms with E-state index in [0.717, 1.165) is 28.9 Å². The van der Waals surface area contributed by atoms with Crippen LogP contribution in [0.4, 0.5) is 11.4 Å². The molecule has 0 amide bonds. The summed E-state index contributed by atoms with van der Waals surface area (Å²) in [7, 11) is 2.20. The van der Waals surface area contributed by atoms with Gasteiger partial charge in [-0.05, 0) is 63.5 Å². The van der Waals surface area contributed by atoms with Crippen molar-refractivity contribution in [2.75, 3.05) is 37.7 Å². The molecule has 0 bridgehead atoms. The quantitative estimate of drug-likeness (QED) is 0.824.